The van der Waals surface area contributed by atoms with Crippen LogP contribution in [0.5, 0.6) is 5.75 Å². The quantitative estimate of drug-likeness (QED) is 0.918. The first-order valence-corrected chi connectivity index (χ1v) is 8.77. The van der Waals surface area contributed by atoms with Crippen LogP contribution in [0.15, 0.2) is 59.5 Å². The summed E-state index contributed by atoms with van der Waals surface area (Å²) in [5.41, 5.74) is 6.79. The highest BCUT2D eigenvalue weighted by molar-refractivity contribution is 7.92. The molecule has 2 aromatic carbocycles. The molecule has 3 unspecified atom stereocenters. The topological polar surface area (TPSA) is 69.4 Å². The van der Waals surface area contributed by atoms with Gasteiger partial charge < -0.3 is 10.5 Å². The summed E-state index contributed by atoms with van der Waals surface area (Å²) >= 11 is 0. The zero-order valence-corrected chi connectivity index (χ0v) is 13.2. The molecule has 116 valence electrons. The number of hydrogen-bond acceptors (Lipinski definition) is 4. The Bertz CT molecular complexity index is 741. The first-order valence-electron chi connectivity index (χ1n) is 7.22. The number of sulfone groups is 1. The fourth-order valence-electron chi connectivity index (χ4n) is 3.08. The van der Waals surface area contributed by atoms with Crippen LogP contribution < -0.4 is 10.5 Å². The van der Waals surface area contributed by atoms with Gasteiger partial charge in [-0.3, -0.25) is 0 Å². The van der Waals surface area contributed by atoms with Crippen molar-refractivity contribution < 1.29 is 13.2 Å². The largest absolute Gasteiger partial charge is 0.497 e. The van der Waals surface area contributed by atoms with Crippen LogP contribution in [0.2, 0.25) is 0 Å². The Labute approximate surface area is 130 Å². The van der Waals surface area contributed by atoms with Crippen molar-refractivity contribution in [1.82, 2.24) is 0 Å². The van der Waals surface area contributed by atoms with Crippen molar-refractivity contribution in [1.29, 1.82) is 0 Å². The molecule has 2 N–H and O–H groups in total. The molecule has 0 radical (unpaired) electrons. The fourth-order valence-corrected chi connectivity index (χ4v) is 5.32. The summed E-state index contributed by atoms with van der Waals surface area (Å²) in [5, 5.41) is -0.437. The summed E-state index contributed by atoms with van der Waals surface area (Å²) in [6.45, 7) is 0.368. The van der Waals surface area contributed by atoms with Crippen LogP contribution in [-0.2, 0) is 9.84 Å². The Morgan fingerprint density at radius 3 is 2.23 bits per heavy atom. The fraction of sp³-hybridized carbons (Fsp3) is 0.294. The van der Waals surface area contributed by atoms with Crippen molar-refractivity contribution in [2.45, 2.75) is 16.1 Å². The van der Waals surface area contributed by atoms with Crippen LogP contribution in [0.1, 0.15) is 11.5 Å². The Morgan fingerprint density at radius 2 is 1.68 bits per heavy atom. The molecular weight excluding hydrogens is 298 g/mol. The molecule has 0 bridgehead atoms. The summed E-state index contributed by atoms with van der Waals surface area (Å²) in [4.78, 5) is 0.370. The number of methoxy groups -OCH3 is 1. The van der Waals surface area contributed by atoms with Gasteiger partial charge in [-0.05, 0) is 42.3 Å². The molecule has 22 heavy (non-hydrogen) atoms. The highest BCUT2D eigenvalue weighted by Gasteiger charge is 2.57. The highest BCUT2D eigenvalue weighted by atomic mass is 32.2. The van der Waals surface area contributed by atoms with Gasteiger partial charge in [0, 0.05) is 5.92 Å². The van der Waals surface area contributed by atoms with Crippen molar-refractivity contribution in [3.63, 3.8) is 0 Å². The molecule has 0 aromatic heterocycles. The summed E-state index contributed by atoms with van der Waals surface area (Å²) < 4.78 is 30.7. The van der Waals surface area contributed by atoms with Gasteiger partial charge in [0.15, 0.2) is 9.84 Å². The van der Waals surface area contributed by atoms with Crippen LogP contribution in [0, 0.1) is 5.92 Å². The maximum atomic E-state index is 12.8. The molecule has 1 fully saturated rings. The minimum absolute atomic E-state index is 0.0291. The van der Waals surface area contributed by atoms with Crippen molar-refractivity contribution in [3.8, 4) is 5.75 Å². The Hall–Kier alpha value is -1.85. The molecule has 2 aromatic rings. The standard InChI is InChI=1S/C17H19NO3S/c1-21-13-9-7-12(8-10-13)16-15(11-18)17(16)22(19,20)14-5-3-2-4-6-14/h2-10,15-17H,11,18H2,1H3. The van der Waals surface area contributed by atoms with Crippen molar-refractivity contribution >= 4 is 9.84 Å². The second-order valence-corrected chi connectivity index (χ2v) is 7.63. The predicted octanol–water partition coefficient (Wildman–Crippen LogP) is 2.21. The maximum absolute atomic E-state index is 12.8. The Balaban J connectivity index is 1.91. The van der Waals surface area contributed by atoms with Crippen LogP contribution in [-0.4, -0.2) is 27.3 Å². The van der Waals surface area contributed by atoms with E-state index in [1.807, 2.05) is 30.3 Å². The van der Waals surface area contributed by atoms with Crippen LogP contribution >= 0.6 is 0 Å². The number of nitrogens with two attached hydrogens (primary N) is 1. The number of benzene rings is 2. The van der Waals surface area contributed by atoms with Gasteiger partial charge in [0.1, 0.15) is 5.75 Å². The lowest BCUT2D eigenvalue weighted by molar-refractivity contribution is 0.414. The lowest BCUT2D eigenvalue weighted by Gasteiger charge is -2.05. The second-order valence-electron chi connectivity index (χ2n) is 5.52. The van der Waals surface area contributed by atoms with Crippen molar-refractivity contribution in [2.75, 3.05) is 13.7 Å². The molecule has 1 aliphatic rings. The first kappa shape index (κ1) is 15.1. The molecule has 1 saturated carbocycles. The molecule has 4 nitrogen and oxygen atoms in total. The molecule has 5 heteroatoms. The van der Waals surface area contributed by atoms with E-state index >= 15 is 0 Å². The second kappa shape index (κ2) is 5.74. The zero-order valence-electron chi connectivity index (χ0n) is 12.3. The van der Waals surface area contributed by atoms with Crippen molar-refractivity contribution in [2.24, 2.45) is 11.7 Å². The third kappa shape index (κ3) is 2.51. The molecule has 0 heterocycles. The van der Waals surface area contributed by atoms with Gasteiger partial charge in [-0.25, -0.2) is 8.42 Å². The SMILES string of the molecule is COc1ccc(C2C(CN)C2S(=O)(=O)c2ccccc2)cc1. The normalized spacial score (nSPS) is 24.0. The number of ether oxygens (including phenoxy) is 1. The van der Waals surface area contributed by atoms with E-state index in [1.54, 1.807) is 31.4 Å². The van der Waals surface area contributed by atoms with E-state index < -0.39 is 15.1 Å². The Kier molecular flexibility index (Phi) is 3.93. The summed E-state index contributed by atoms with van der Waals surface area (Å²) in [6.07, 6.45) is 0. The van der Waals surface area contributed by atoms with Gasteiger partial charge >= 0.3 is 0 Å². The summed E-state index contributed by atoms with van der Waals surface area (Å²) in [5.74, 6) is 0.691. The third-order valence-electron chi connectivity index (χ3n) is 4.30. The van der Waals surface area contributed by atoms with Gasteiger partial charge in [0.25, 0.3) is 0 Å². The van der Waals surface area contributed by atoms with E-state index in [0.717, 1.165) is 11.3 Å². The first-order chi connectivity index (χ1) is 10.6. The molecule has 0 amide bonds. The molecule has 0 spiro atoms. The van der Waals surface area contributed by atoms with E-state index in [2.05, 4.69) is 0 Å². The van der Waals surface area contributed by atoms with Gasteiger partial charge in [0.2, 0.25) is 0 Å². The lowest BCUT2D eigenvalue weighted by atomic mass is 10.1. The molecule has 0 saturated heterocycles. The highest BCUT2D eigenvalue weighted by Crippen LogP contribution is 2.53. The lowest BCUT2D eigenvalue weighted by Crippen LogP contribution is -2.13. The maximum Gasteiger partial charge on any atom is 0.182 e. The van der Waals surface area contributed by atoms with E-state index in [9.17, 15) is 8.42 Å². The van der Waals surface area contributed by atoms with Crippen LogP contribution in [0.25, 0.3) is 0 Å². The van der Waals surface area contributed by atoms with Crippen molar-refractivity contribution in [3.05, 3.63) is 60.2 Å². The van der Waals surface area contributed by atoms with Gasteiger partial charge in [0.05, 0.1) is 17.3 Å². The minimum Gasteiger partial charge on any atom is -0.497 e. The van der Waals surface area contributed by atoms with Crippen LogP contribution in [0.3, 0.4) is 0 Å². The summed E-state index contributed by atoms with van der Waals surface area (Å²) in [7, 11) is -1.74. The minimum atomic E-state index is -3.35. The van der Waals surface area contributed by atoms with E-state index in [1.165, 1.54) is 0 Å². The van der Waals surface area contributed by atoms with Gasteiger partial charge in [-0.1, -0.05) is 30.3 Å². The third-order valence-corrected chi connectivity index (χ3v) is 6.59. The van der Waals surface area contributed by atoms with Gasteiger partial charge in [-0.15, -0.1) is 0 Å². The molecule has 0 aliphatic heterocycles. The number of hydrogen-bond donors (Lipinski definition) is 1. The van der Waals surface area contributed by atoms with Gasteiger partial charge in [-0.2, -0.15) is 0 Å². The monoisotopic (exact) mass is 317 g/mol. The van der Waals surface area contributed by atoms with E-state index in [0.29, 0.717) is 11.4 Å². The molecule has 1 aliphatic carbocycles. The smallest absolute Gasteiger partial charge is 0.182 e. The average molecular weight is 317 g/mol. The molecular formula is C17H19NO3S. The van der Waals surface area contributed by atoms with E-state index in [4.69, 9.17) is 10.5 Å². The Morgan fingerprint density at radius 1 is 1.05 bits per heavy atom. The zero-order chi connectivity index (χ0) is 15.7. The van der Waals surface area contributed by atoms with Crippen LogP contribution in [0.4, 0.5) is 0 Å². The number of rotatable bonds is 5. The summed E-state index contributed by atoms with van der Waals surface area (Å²) in [6, 6.07) is 16.1. The predicted molar refractivity (Wildman–Crippen MR) is 85.7 cm³/mol. The average Bonchev–Trinajstić information content (AvgIpc) is 3.31. The molecule has 3 atom stereocenters. The molecule has 3 rings (SSSR count). The van der Waals surface area contributed by atoms with E-state index in [-0.39, 0.29) is 11.8 Å².